The zero-order valence-corrected chi connectivity index (χ0v) is 42.4. The lowest BCUT2D eigenvalue weighted by molar-refractivity contribution is 0.436. The lowest BCUT2D eigenvalue weighted by Gasteiger charge is -2.40. The second kappa shape index (κ2) is 16.0. The highest BCUT2D eigenvalue weighted by Crippen LogP contribution is 2.66. The fourth-order valence-electron chi connectivity index (χ4n) is 15.0. The maximum absolute atomic E-state index is 6.83. The maximum atomic E-state index is 6.83. The molecule has 364 valence electrons. The Labute approximate surface area is 453 Å². The highest BCUT2D eigenvalue weighted by molar-refractivity contribution is 5.95. The largest absolute Gasteiger partial charge is 0.457 e. The van der Waals surface area contributed by atoms with Gasteiger partial charge in [-0.15, -0.1) is 0 Å². The van der Waals surface area contributed by atoms with Crippen molar-refractivity contribution in [2.45, 2.75) is 16.2 Å². The van der Waals surface area contributed by atoms with Crippen molar-refractivity contribution >= 4 is 17.1 Å². The van der Waals surface area contributed by atoms with Gasteiger partial charge in [0.1, 0.15) is 23.0 Å². The van der Waals surface area contributed by atoms with Gasteiger partial charge < -0.3 is 14.4 Å². The zero-order valence-electron chi connectivity index (χ0n) is 42.4. The van der Waals surface area contributed by atoms with E-state index >= 15 is 0 Å². The van der Waals surface area contributed by atoms with Crippen molar-refractivity contribution in [3.63, 3.8) is 0 Å². The summed E-state index contributed by atoms with van der Waals surface area (Å²) in [5.41, 5.74) is 23.1. The fourth-order valence-corrected chi connectivity index (χ4v) is 15.0. The van der Waals surface area contributed by atoms with Gasteiger partial charge in [0.05, 0.1) is 16.2 Å². The molecule has 0 bridgehead atoms. The molecule has 0 aromatic heterocycles. The van der Waals surface area contributed by atoms with E-state index in [1.54, 1.807) is 0 Å². The average molecular weight is 994 g/mol. The van der Waals surface area contributed by atoms with Gasteiger partial charge in [0.2, 0.25) is 0 Å². The van der Waals surface area contributed by atoms with Crippen LogP contribution in [0.15, 0.2) is 285 Å². The smallest absolute Gasteiger partial charge is 0.132 e. The highest BCUT2D eigenvalue weighted by Gasteiger charge is 2.54. The van der Waals surface area contributed by atoms with Gasteiger partial charge in [-0.1, -0.05) is 224 Å². The van der Waals surface area contributed by atoms with Gasteiger partial charge in [0, 0.05) is 39.3 Å². The standard InChI is InChI=1S/C75H47NO2/c1-3-21-48(22-4-1)73(49-23-5-2-6-24-49)59-28-10-7-25-53(59)56-42-39-50(45-66(56)73)76(51-40-43-57-54-26-8-11-29-60(54)74(67(57)46-51)62-31-13-17-35-69(62)77-70-36-18-14-32-63(70)74)52-41-44-58-55-27-9-12-30-61(55)75(68(58)47-52)64-33-15-19-37-71(64)78-72-38-20-16-34-65(72)75/h1-47H. The summed E-state index contributed by atoms with van der Waals surface area (Å²) in [5, 5.41) is 0. The minimum absolute atomic E-state index is 0.603. The van der Waals surface area contributed by atoms with E-state index in [9.17, 15) is 0 Å². The van der Waals surface area contributed by atoms with Gasteiger partial charge in [-0.25, -0.2) is 0 Å². The van der Waals surface area contributed by atoms with Crippen molar-refractivity contribution < 1.29 is 9.47 Å². The summed E-state index contributed by atoms with van der Waals surface area (Å²) in [6.07, 6.45) is 0. The number of ether oxygens (including phenoxy) is 2. The Bertz CT molecular complexity index is 4150. The molecule has 0 radical (unpaired) electrons. The first-order chi connectivity index (χ1) is 38.7. The zero-order chi connectivity index (χ0) is 51.2. The maximum Gasteiger partial charge on any atom is 0.132 e. The van der Waals surface area contributed by atoms with Crippen LogP contribution in [-0.4, -0.2) is 0 Å². The highest BCUT2D eigenvalue weighted by atomic mass is 16.5. The molecule has 5 aliphatic rings. The van der Waals surface area contributed by atoms with Gasteiger partial charge in [-0.05, 0) is 139 Å². The molecular weight excluding hydrogens is 947 g/mol. The fraction of sp³-hybridized carbons (Fsp3) is 0.0400. The Balaban J connectivity index is 0.975. The molecule has 2 aliphatic heterocycles. The Morgan fingerprint density at radius 1 is 0.205 bits per heavy atom. The number of hydrogen-bond acceptors (Lipinski definition) is 3. The van der Waals surface area contributed by atoms with Gasteiger partial charge in [0.25, 0.3) is 0 Å². The molecule has 0 saturated carbocycles. The van der Waals surface area contributed by atoms with Crippen LogP contribution in [0.2, 0.25) is 0 Å². The first-order valence-corrected chi connectivity index (χ1v) is 27.1. The molecule has 0 unspecified atom stereocenters. The third-order valence-corrected chi connectivity index (χ3v) is 17.9. The van der Waals surface area contributed by atoms with E-state index in [1.807, 2.05) is 0 Å². The second-order valence-electron chi connectivity index (χ2n) is 21.3. The van der Waals surface area contributed by atoms with Crippen LogP contribution in [0.5, 0.6) is 23.0 Å². The van der Waals surface area contributed by atoms with Gasteiger partial charge in [-0.2, -0.15) is 0 Å². The van der Waals surface area contributed by atoms with Crippen LogP contribution in [0.3, 0.4) is 0 Å². The van der Waals surface area contributed by atoms with Crippen LogP contribution in [0.1, 0.15) is 66.8 Å². The molecule has 12 aromatic rings. The summed E-state index contributed by atoms with van der Waals surface area (Å²) in [7, 11) is 0. The molecule has 3 nitrogen and oxygen atoms in total. The summed E-state index contributed by atoms with van der Waals surface area (Å²) < 4.78 is 13.7. The molecule has 2 spiro atoms. The van der Waals surface area contributed by atoms with Crippen molar-refractivity contribution in [3.8, 4) is 56.4 Å². The number of para-hydroxylation sites is 4. The molecule has 17 rings (SSSR count). The van der Waals surface area contributed by atoms with Crippen LogP contribution < -0.4 is 14.4 Å². The predicted molar refractivity (Wildman–Crippen MR) is 313 cm³/mol. The topological polar surface area (TPSA) is 21.7 Å². The van der Waals surface area contributed by atoms with Crippen LogP contribution in [0, 0.1) is 0 Å². The Hall–Kier alpha value is -9.96. The molecule has 3 aliphatic carbocycles. The lowest BCUT2D eigenvalue weighted by Crippen LogP contribution is -2.32. The van der Waals surface area contributed by atoms with Crippen molar-refractivity contribution in [1.29, 1.82) is 0 Å². The van der Waals surface area contributed by atoms with E-state index in [0.717, 1.165) is 62.3 Å². The predicted octanol–water partition coefficient (Wildman–Crippen LogP) is 18.5. The summed E-state index contributed by atoms with van der Waals surface area (Å²) in [6.45, 7) is 0. The Morgan fingerprint density at radius 2 is 0.462 bits per heavy atom. The van der Waals surface area contributed by atoms with E-state index in [-0.39, 0.29) is 0 Å². The summed E-state index contributed by atoms with van der Waals surface area (Å²) in [6, 6.07) is 106. The normalized spacial score (nSPS) is 14.9. The van der Waals surface area contributed by atoms with Crippen LogP contribution in [0.25, 0.3) is 33.4 Å². The number of rotatable bonds is 5. The van der Waals surface area contributed by atoms with E-state index in [2.05, 4.69) is 290 Å². The van der Waals surface area contributed by atoms with E-state index < -0.39 is 16.2 Å². The summed E-state index contributed by atoms with van der Waals surface area (Å²) >= 11 is 0. The average Bonchev–Trinajstić information content (AvgIpc) is 4.12. The third-order valence-electron chi connectivity index (χ3n) is 17.9. The lowest BCUT2D eigenvalue weighted by atomic mass is 9.66. The first-order valence-electron chi connectivity index (χ1n) is 27.1. The molecule has 2 heterocycles. The van der Waals surface area contributed by atoms with Crippen molar-refractivity contribution in [3.05, 3.63) is 352 Å². The van der Waals surface area contributed by atoms with E-state index in [4.69, 9.17) is 9.47 Å². The molecular formula is C75H47NO2. The van der Waals surface area contributed by atoms with Gasteiger partial charge in [0.15, 0.2) is 0 Å². The number of nitrogens with zero attached hydrogens (tertiary/aromatic N) is 1. The van der Waals surface area contributed by atoms with E-state index in [0.29, 0.717) is 0 Å². The SMILES string of the molecule is c1ccc(C2(c3ccccc3)c3ccccc3-c3ccc(N(c4ccc5c(c4)C4(c6ccccc6Oc6ccccc64)c4ccccc4-5)c4ccc5c(c4)C4(c6ccccc6Oc6ccccc64)c4ccccc4-5)cc32)cc1. The monoisotopic (exact) mass is 993 g/mol. The number of benzene rings is 12. The quantitative estimate of drug-likeness (QED) is 0.172. The van der Waals surface area contributed by atoms with Crippen molar-refractivity contribution in [2.24, 2.45) is 0 Å². The Kier molecular flexibility index (Phi) is 8.90. The molecule has 12 aromatic carbocycles. The molecule has 3 heteroatoms. The third kappa shape index (κ3) is 5.47. The van der Waals surface area contributed by atoms with Gasteiger partial charge >= 0.3 is 0 Å². The first kappa shape index (κ1) is 43.3. The molecule has 0 amide bonds. The van der Waals surface area contributed by atoms with Crippen molar-refractivity contribution in [2.75, 3.05) is 4.90 Å². The van der Waals surface area contributed by atoms with Gasteiger partial charge in [-0.3, -0.25) is 0 Å². The summed E-state index contributed by atoms with van der Waals surface area (Å²) in [4.78, 5) is 2.53. The molecule has 0 atom stereocenters. The summed E-state index contributed by atoms with van der Waals surface area (Å²) in [5.74, 6) is 3.49. The van der Waals surface area contributed by atoms with E-state index in [1.165, 1.54) is 77.9 Å². The minimum atomic E-state index is -0.659. The van der Waals surface area contributed by atoms with Crippen molar-refractivity contribution in [1.82, 2.24) is 0 Å². The molecule has 0 fully saturated rings. The van der Waals surface area contributed by atoms with Crippen LogP contribution in [0.4, 0.5) is 17.1 Å². The van der Waals surface area contributed by atoms with Crippen LogP contribution in [-0.2, 0) is 16.2 Å². The Morgan fingerprint density at radius 3 is 0.808 bits per heavy atom. The minimum Gasteiger partial charge on any atom is -0.457 e. The number of hydrogen-bond donors (Lipinski definition) is 0. The molecule has 0 saturated heterocycles. The second-order valence-corrected chi connectivity index (χ2v) is 21.3. The number of fused-ring (bicyclic) bond motifs is 21. The number of anilines is 3. The van der Waals surface area contributed by atoms with Crippen LogP contribution >= 0.6 is 0 Å². The molecule has 0 N–H and O–H groups in total. The molecule has 78 heavy (non-hydrogen) atoms.